The average Bonchev–Trinajstić information content (AvgIpc) is 2.23. The Morgan fingerprint density at radius 1 is 1.27 bits per heavy atom. The zero-order chi connectivity index (χ0) is 11.4. The van der Waals surface area contributed by atoms with Gasteiger partial charge in [0.2, 0.25) is 0 Å². The lowest BCUT2D eigenvalue weighted by atomic mass is 9.94. The van der Waals surface area contributed by atoms with Gasteiger partial charge < -0.3 is 20.4 Å². The third-order valence-corrected chi connectivity index (χ3v) is 2.79. The summed E-state index contributed by atoms with van der Waals surface area (Å²) in [4.78, 5) is 1.75. The van der Waals surface area contributed by atoms with E-state index < -0.39 is 24.4 Å². The number of aliphatic hydroxyl groups is 4. The molecule has 1 aliphatic heterocycles. The fraction of sp³-hybridized carbons (Fsp3) is 0.800. The van der Waals surface area contributed by atoms with Crippen LogP contribution in [0.3, 0.4) is 0 Å². The molecule has 0 spiro atoms. The number of hydrogen-bond acceptors (Lipinski definition) is 5. The van der Waals surface area contributed by atoms with E-state index in [9.17, 15) is 15.3 Å². The van der Waals surface area contributed by atoms with E-state index in [2.05, 4.69) is 0 Å². The molecule has 5 heteroatoms. The monoisotopic (exact) mass is 217 g/mol. The van der Waals surface area contributed by atoms with Crippen molar-refractivity contribution < 1.29 is 20.4 Å². The van der Waals surface area contributed by atoms with Crippen molar-refractivity contribution in [3.8, 4) is 0 Å². The summed E-state index contributed by atoms with van der Waals surface area (Å²) in [6.07, 6.45) is 0.485. The summed E-state index contributed by atoms with van der Waals surface area (Å²) in [6, 6.07) is -0.514. The molecule has 0 aliphatic carbocycles. The Labute approximate surface area is 89.3 Å². The van der Waals surface area contributed by atoms with E-state index in [1.54, 1.807) is 4.90 Å². The maximum absolute atomic E-state index is 9.64. The number of likely N-dealkylation sites (tertiary alicyclic amines) is 1. The Kier molecular flexibility index (Phi) is 4.69. The molecule has 1 aliphatic rings. The quantitative estimate of drug-likeness (QED) is 0.424. The van der Waals surface area contributed by atoms with Crippen LogP contribution in [0.2, 0.25) is 0 Å². The smallest absolute Gasteiger partial charge is 0.109 e. The van der Waals surface area contributed by atoms with Gasteiger partial charge in [0, 0.05) is 13.1 Å². The average molecular weight is 217 g/mol. The predicted octanol–water partition coefficient (Wildman–Crippen LogP) is -1.68. The van der Waals surface area contributed by atoms with Crippen LogP contribution in [0.4, 0.5) is 0 Å². The molecular weight excluding hydrogens is 198 g/mol. The van der Waals surface area contributed by atoms with Gasteiger partial charge in [-0.05, 0) is 6.92 Å². The molecular formula is C10H19NO4. The van der Waals surface area contributed by atoms with Crippen molar-refractivity contribution >= 4 is 0 Å². The number of hydrogen-bond donors (Lipinski definition) is 4. The minimum Gasteiger partial charge on any atom is -0.395 e. The van der Waals surface area contributed by atoms with E-state index in [0.29, 0.717) is 6.54 Å². The third-order valence-electron chi connectivity index (χ3n) is 2.79. The molecule has 5 nitrogen and oxygen atoms in total. The lowest BCUT2D eigenvalue weighted by Crippen LogP contribution is -2.62. The van der Waals surface area contributed by atoms with Crippen LogP contribution in [0.25, 0.3) is 0 Å². The van der Waals surface area contributed by atoms with Crippen LogP contribution < -0.4 is 0 Å². The number of aliphatic hydroxyl groups excluding tert-OH is 4. The standard InChI is InChI=1S/C10H19NO4/c1-2-3-4-11-5-8(13)10(15)9(14)7(11)6-12/h2-3,7-10,12-15H,4-6H2,1H3/b3-2+/t7-,8+,9-,10-/m1/s1. The molecule has 1 saturated heterocycles. The lowest BCUT2D eigenvalue weighted by molar-refractivity contribution is -0.142. The highest BCUT2D eigenvalue weighted by Crippen LogP contribution is 2.18. The van der Waals surface area contributed by atoms with Crippen molar-refractivity contribution in [1.82, 2.24) is 4.90 Å². The summed E-state index contributed by atoms with van der Waals surface area (Å²) in [5, 5.41) is 37.7. The molecule has 0 saturated carbocycles. The number of rotatable bonds is 3. The summed E-state index contributed by atoms with van der Waals surface area (Å²) in [7, 11) is 0. The largest absolute Gasteiger partial charge is 0.395 e. The van der Waals surface area contributed by atoms with Gasteiger partial charge in [-0.2, -0.15) is 0 Å². The van der Waals surface area contributed by atoms with Gasteiger partial charge in [0.1, 0.15) is 12.2 Å². The molecule has 0 aromatic rings. The summed E-state index contributed by atoms with van der Waals surface area (Å²) >= 11 is 0. The zero-order valence-electron chi connectivity index (χ0n) is 8.82. The molecule has 1 fully saturated rings. The van der Waals surface area contributed by atoms with Crippen molar-refractivity contribution in [3.05, 3.63) is 12.2 Å². The maximum Gasteiger partial charge on any atom is 0.109 e. The molecule has 15 heavy (non-hydrogen) atoms. The first kappa shape index (κ1) is 12.6. The molecule has 0 aromatic heterocycles. The molecule has 0 unspecified atom stereocenters. The minimum atomic E-state index is -1.18. The topological polar surface area (TPSA) is 84.2 Å². The fourth-order valence-corrected chi connectivity index (χ4v) is 1.83. The number of piperidine rings is 1. The van der Waals surface area contributed by atoms with Gasteiger partial charge in [0.05, 0.1) is 18.8 Å². The second-order valence-corrected chi connectivity index (χ2v) is 3.82. The first-order chi connectivity index (χ1) is 7.11. The van der Waals surface area contributed by atoms with E-state index in [-0.39, 0.29) is 13.2 Å². The number of allylic oxidation sites excluding steroid dienone is 1. The van der Waals surface area contributed by atoms with Gasteiger partial charge in [-0.1, -0.05) is 12.2 Å². The van der Waals surface area contributed by atoms with Crippen molar-refractivity contribution in [2.24, 2.45) is 0 Å². The maximum atomic E-state index is 9.64. The van der Waals surface area contributed by atoms with Gasteiger partial charge in [-0.15, -0.1) is 0 Å². The summed E-state index contributed by atoms with van der Waals surface area (Å²) < 4.78 is 0. The first-order valence-corrected chi connectivity index (χ1v) is 5.12. The van der Waals surface area contributed by atoms with Gasteiger partial charge in [0.15, 0.2) is 0 Å². The van der Waals surface area contributed by atoms with Crippen molar-refractivity contribution in [3.63, 3.8) is 0 Å². The third kappa shape index (κ3) is 2.76. The van der Waals surface area contributed by atoms with E-state index >= 15 is 0 Å². The van der Waals surface area contributed by atoms with Crippen LogP contribution in [-0.2, 0) is 0 Å². The summed E-state index contributed by atoms with van der Waals surface area (Å²) in [5.74, 6) is 0. The molecule has 4 atom stereocenters. The summed E-state index contributed by atoms with van der Waals surface area (Å²) in [5.41, 5.74) is 0. The Morgan fingerprint density at radius 3 is 2.47 bits per heavy atom. The van der Waals surface area contributed by atoms with Crippen LogP contribution in [0.15, 0.2) is 12.2 Å². The Hall–Kier alpha value is -0.460. The normalized spacial score (nSPS) is 38.7. The fourth-order valence-electron chi connectivity index (χ4n) is 1.83. The molecule has 1 rings (SSSR count). The van der Waals surface area contributed by atoms with Crippen LogP contribution >= 0.6 is 0 Å². The highest BCUT2D eigenvalue weighted by atomic mass is 16.4. The Balaban J connectivity index is 2.68. The molecule has 88 valence electrons. The van der Waals surface area contributed by atoms with Gasteiger partial charge >= 0.3 is 0 Å². The van der Waals surface area contributed by atoms with E-state index in [0.717, 1.165) is 0 Å². The Bertz CT molecular complexity index is 221. The zero-order valence-corrected chi connectivity index (χ0v) is 8.82. The molecule has 4 N–H and O–H groups in total. The van der Waals surface area contributed by atoms with Crippen molar-refractivity contribution in [2.75, 3.05) is 19.7 Å². The molecule has 1 heterocycles. The lowest BCUT2D eigenvalue weighted by Gasteiger charge is -2.42. The second-order valence-electron chi connectivity index (χ2n) is 3.82. The SMILES string of the molecule is C/C=C/CN1C[C@H](O)[C@@H](O)[C@H](O)[C@H]1CO. The van der Waals surface area contributed by atoms with Crippen molar-refractivity contribution in [1.29, 1.82) is 0 Å². The van der Waals surface area contributed by atoms with Crippen LogP contribution in [0.1, 0.15) is 6.92 Å². The second kappa shape index (κ2) is 5.58. The van der Waals surface area contributed by atoms with E-state index in [4.69, 9.17) is 5.11 Å². The van der Waals surface area contributed by atoms with Gasteiger partial charge in [-0.3, -0.25) is 4.90 Å². The van der Waals surface area contributed by atoms with Gasteiger partial charge in [0.25, 0.3) is 0 Å². The van der Waals surface area contributed by atoms with Gasteiger partial charge in [-0.25, -0.2) is 0 Å². The Morgan fingerprint density at radius 2 is 1.93 bits per heavy atom. The van der Waals surface area contributed by atoms with E-state index in [1.165, 1.54) is 0 Å². The van der Waals surface area contributed by atoms with Crippen LogP contribution in [0.5, 0.6) is 0 Å². The minimum absolute atomic E-state index is 0.234. The molecule has 0 bridgehead atoms. The first-order valence-electron chi connectivity index (χ1n) is 5.12. The number of nitrogens with zero attached hydrogens (tertiary/aromatic N) is 1. The predicted molar refractivity (Wildman–Crippen MR) is 55.3 cm³/mol. The van der Waals surface area contributed by atoms with Crippen LogP contribution in [-0.4, -0.2) is 69.4 Å². The van der Waals surface area contributed by atoms with E-state index in [1.807, 2.05) is 19.1 Å². The summed E-state index contributed by atoms with van der Waals surface area (Å²) in [6.45, 7) is 2.44. The molecule has 0 amide bonds. The van der Waals surface area contributed by atoms with Crippen LogP contribution in [0, 0.1) is 0 Å². The highest BCUT2D eigenvalue weighted by molar-refractivity contribution is 4.96. The highest BCUT2D eigenvalue weighted by Gasteiger charge is 2.40. The van der Waals surface area contributed by atoms with Crippen molar-refractivity contribution in [2.45, 2.75) is 31.3 Å². The number of β-amino-alcohol motifs (C(OH)–C–C–N with tert-alkyl or cyclic N) is 1. The molecule has 0 radical (unpaired) electrons. The molecule has 0 aromatic carbocycles.